The molecule has 62 heavy (non-hydrogen) atoms. The van der Waals surface area contributed by atoms with Crippen LogP contribution in [0.5, 0.6) is 0 Å². The Morgan fingerprint density at radius 1 is 0.468 bits per heavy atom. The van der Waals surface area contributed by atoms with Crippen molar-refractivity contribution in [2.45, 2.75) is 88.2 Å². The molecule has 0 aliphatic heterocycles. The van der Waals surface area contributed by atoms with Crippen LogP contribution in [0.25, 0.3) is 43.1 Å². The van der Waals surface area contributed by atoms with Crippen LogP contribution in [0.4, 0.5) is 0 Å². The molecule has 0 saturated carbocycles. The first-order valence-electron chi connectivity index (χ1n) is 22.9. The van der Waals surface area contributed by atoms with Gasteiger partial charge in [0.25, 0.3) is 0 Å². The fraction of sp³-hybridized carbons (Fsp3) is 0.298. The second-order valence-corrected chi connectivity index (χ2v) is 18.0. The molecule has 8 rings (SSSR count). The van der Waals surface area contributed by atoms with Crippen LogP contribution < -0.4 is 5.32 Å². The summed E-state index contributed by atoms with van der Waals surface area (Å²) in [5.41, 5.74) is 4.96. The van der Waals surface area contributed by atoms with Crippen LogP contribution in [-0.4, -0.2) is 30.8 Å². The average Bonchev–Trinajstić information content (AvgIpc) is 3.32. The summed E-state index contributed by atoms with van der Waals surface area (Å²) in [6.45, 7) is 1.25. The largest absolute Gasteiger partial charge is 0.466 e. The molecule has 316 valence electrons. The first-order chi connectivity index (χ1) is 30.6. The highest BCUT2D eigenvalue weighted by Gasteiger charge is 2.36. The molecule has 1 N–H and O–H groups in total. The molecular formula is C57H59NO3S. The Kier molecular flexibility index (Phi) is 14.9. The molecule has 0 aliphatic rings. The number of unbranched alkanes of at least 4 members (excludes halogenated alkanes) is 8. The number of rotatable bonds is 23. The number of ether oxygens (including phenoxy) is 1. The van der Waals surface area contributed by atoms with E-state index in [1.807, 2.05) is 11.8 Å². The minimum atomic E-state index is -0.400. The molecule has 0 spiro atoms. The number of carbonyl (C=O) groups excluding carboxylic acids is 2. The summed E-state index contributed by atoms with van der Waals surface area (Å²) >= 11 is 1.84. The highest BCUT2D eigenvalue weighted by atomic mass is 32.2. The number of esters is 1. The van der Waals surface area contributed by atoms with Crippen molar-refractivity contribution < 1.29 is 14.3 Å². The Hall–Kier alpha value is -5.65. The lowest BCUT2D eigenvalue weighted by Gasteiger charge is -2.35. The standard InChI is InChI=1S/C57H59NO3S/c59-52(39-42-62-57(46-27-11-8-12-28-46,47-29-13-9-14-30-47)48-31-15-10-16-32-48)58-40-17-6-4-2-1-3-5-7-18-41-61-53(60)36-22-26-45-38-37-44-25-20-34-50-49-33-19-23-43-24-21-35-51(54(43)49)56(45)55(44)50/h8-16,19-21,23-25,27-35,37-38H,1-7,17-18,22,26,36,39-42H2,(H,58,59). The molecule has 4 nitrogen and oxygen atoms in total. The molecule has 0 heterocycles. The first kappa shape index (κ1) is 43.0. The second kappa shape index (κ2) is 21.4. The fourth-order valence-corrected chi connectivity index (χ4v) is 11.0. The van der Waals surface area contributed by atoms with Crippen molar-refractivity contribution in [2.24, 2.45) is 0 Å². The van der Waals surface area contributed by atoms with E-state index in [9.17, 15) is 9.59 Å². The van der Waals surface area contributed by atoms with Gasteiger partial charge < -0.3 is 10.1 Å². The zero-order valence-corrected chi connectivity index (χ0v) is 36.8. The average molecular weight is 838 g/mol. The van der Waals surface area contributed by atoms with Gasteiger partial charge in [0.05, 0.1) is 11.4 Å². The Balaban J connectivity index is 0.678. The number of aryl methyl sites for hydroxylation is 1. The van der Waals surface area contributed by atoms with Crippen LogP contribution in [0.1, 0.15) is 99.3 Å². The summed E-state index contributed by atoms with van der Waals surface area (Å²) < 4.78 is 5.25. The number of hydrogen-bond donors (Lipinski definition) is 1. The highest BCUT2D eigenvalue weighted by molar-refractivity contribution is 8.00. The van der Waals surface area contributed by atoms with Crippen molar-refractivity contribution in [1.82, 2.24) is 5.32 Å². The number of nitrogens with one attached hydrogen (secondary N) is 1. The molecule has 8 aromatic rings. The van der Waals surface area contributed by atoms with Gasteiger partial charge in [0.2, 0.25) is 5.91 Å². The Labute approximate surface area is 371 Å². The van der Waals surface area contributed by atoms with Crippen LogP contribution >= 0.6 is 11.8 Å². The predicted octanol–water partition coefficient (Wildman–Crippen LogP) is 14.3. The first-order valence-corrected chi connectivity index (χ1v) is 23.9. The number of fused-ring (bicyclic) bond motifs is 2. The van der Waals surface area contributed by atoms with E-state index in [4.69, 9.17) is 4.74 Å². The quantitative estimate of drug-likeness (QED) is 0.0229. The SMILES string of the molecule is O=C(CCSC(c1ccccc1)(c1ccccc1)c1ccccc1)NCCCCCCCCCCCOC(=O)CCCc1ccc2cccc3c4cccc5cccc(c1c23)c54. The van der Waals surface area contributed by atoms with Crippen LogP contribution in [0.2, 0.25) is 0 Å². The molecule has 0 bridgehead atoms. The third kappa shape index (κ3) is 10.0. The molecule has 0 saturated heterocycles. The van der Waals surface area contributed by atoms with Gasteiger partial charge in [-0.3, -0.25) is 9.59 Å². The summed E-state index contributed by atoms with van der Waals surface area (Å²) in [7, 11) is 0. The van der Waals surface area contributed by atoms with Crippen molar-refractivity contribution in [1.29, 1.82) is 0 Å². The lowest BCUT2D eigenvalue weighted by Crippen LogP contribution is -2.28. The molecule has 8 aromatic carbocycles. The number of carbonyl (C=O) groups is 2. The van der Waals surface area contributed by atoms with Crippen LogP contribution in [0, 0.1) is 0 Å². The Bertz CT molecular complexity index is 2560. The lowest BCUT2D eigenvalue weighted by atomic mass is 9.84. The van der Waals surface area contributed by atoms with Gasteiger partial charge in [0, 0.05) is 25.1 Å². The minimum absolute atomic E-state index is 0.0844. The van der Waals surface area contributed by atoms with Crippen molar-refractivity contribution in [2.75, 3.05) is 18.9 Å². The van der Waals surface area contributed by atoms with Crippen LogP contribution in [-0.2, 0) is 25.5 Å². The molecule has 0 unspecified atom stereocenters. The molecule has 0 atom stereocenters. The molecule has 0 fully saturated rings. The van der Waals surface area contributed by atoms with E-state index >= 15 is 0 Å². The molecule has 0 radical (unpaired) electrons. The van der Waals surface area contributed by atoms with Gasteiger partial charge in [-0.05, 0) is 91.0 Å². The van der Waals surface area contributed by atoms with Gasteiger partial charge >= 0.3 is 5.97 Å². The van der Waals surface area contributed by atoms with E-state index in [0.717, 1.165) is 50.8 Å². The van der Waals surface area contributed by atoms with Gasteiger partial charge in [-0.1, -0.05) is 203 Å². The maximum atomic E-state index is 12.9. The van der Waals surface area contributed by atoms with Crippen LogP contribution in [0.15, 0.2) is 158 Å². The van der Waals surface area contributed by atoms with Gasteiger partial charge in [0.1, 0.15) is 0 Å². The number of amides is 1. The lowest BCUT2D eigenvalue weighted by molar-refractivity contribution is -0.143. The van der Waals surface area contributed by atoms with Crippen LogP contribution in [0.3, 0.4) is 0 Å². The molecule has 5 heteroatoms. The molecule has 0 aliphatic carbocycles. The van der Waals surface area contributed by atoms with E-state index < -0.39 is 4.75 Å². The zero-order chi connectivity index (χ0) is 42.4. The van der Waals surface area contributed by atoms with Crippen molar-refractivity contribution in [3.8, 4) is 0 Å². The second-order valence-electron chi connectivity index (χ2n) is 16.7. The number of thioether (sulfide) groups is 1. The number of benzene rings is 8. The molecular weight excluding hydrogens is 779 g/mol. The van der Waals surface area contributed by atoms with Gasteiger partial charge in [-0.2, -0.15) is 0 Å². The van der Waals surface area contributed by atoms with E-state index in [-0.39, 0.29) is 11.9 Å². The maximum Gasteiger partial charge on any atom is 0.305 e. The zero-order valence-electron chi connectivity index (χ0n) is 36.0. The predicted molar refractivity (Wildman–Crippen MR) is 262 cm³/mol. The van der Waals surface area contributed by atoms with Crippen molar-refractivity contribution in [3.05, 3.63) is 180 Å². The van der Waals surface area contributed by atoms with E-state index in [1.165, 1.54) is 97.4 Å². The summed E-state index contributed by atoms with van der Waals surface area (Å²) in [4.78, 5) is 25.6. The van der Waals surface area contributed by atoms with Gasteiger partial charge in [-0.25, -0.2) is 0 Å². The molecule has 1 amide bonds. The summed E-state index contributed by atoms with van der Waals surface area (Å²) in [6, 6.07) is 56.3. The van der Waals surface area contributed by atoms with Gasteiger partial charge in [-0.15, -0.1) is 11.8 Å². The summed E-state index contributed by atoms with van der Waals surface area (Å²) in [5.74, 6) is 0.758. The topological polar surface area (TPSA) is 55.4 Å². The summed E-state index contributed by atoms with van der Waals surface area (Å²) in [6.07, 6.45) is 12.8. The van der Waals surface area contributed by atoms with E-state index in [1.54, 1.807) is 0 Å². The van der Waals surface area contributed by atoms with Crippen molar-refractivity contribution in [3.63, 3.8) is 0 Å². The van der Waals surface area contributed by atoms with Crippen molar-refractivity contribution >= 4 is 66.7 Å². The number of hydrogen-bond acceptors (Lipinski definition) is 4. The Morgan fingerprint density at radius 2 is 0.984 bits per heavy atom. The maximum absolute atomic E-state index is 12.9. The van der Waals surface area contributed by atoms with Gasteiger partial charge in [0.15, 0.2) is 0 Å². The normalized spacial score (nSPS) is 11.8. The smallest absolute Gasteiger partial charge is 0.305 e. The third-order valence-electron chi connectivity index (χ3n) is 12.5. The minimum Gasteiger partial charge on any atom is -0.466 e. The van der Waals surface area contributed by atoms with E-state index in [0.29, 0.717) is 19.4 Å². The molecule has 0 aromatic heterocycles. The monoisotopic (exact) mass is 837 g/mol. The van der Waals surface area contributed by atoms with E-state index in [2.05, 4.69) is 163 Å². The Morgan fingerprint density at radius 3 is 1.58 bits per heavy atom. The summed E-state index contributed by atoms with van der Waals surface area (Å²) in [5, 5.41) is 13.6. The fourth-order valence-electron chi connectivity index (χ4n) is 9.46. The highest BCUT2D eigenvalue weighted by Crippen LogP contribution is 2.48. The third-order valence-corrected chi connectivity index (χ3v) is 14.1.